The van der Waals surface area contributed by atoms with Crippen LogP contribution in [0.2, 0.25) is 10.0 Å². The molecule has 0 spiro atoms. The zero-order valence-electron chi connectivity index (χ0n) is 18.0. The lowest BCUT2D eigenvalue weighted by Crippen LogP contribution is -2.30. The van der Waals surface area contributed by atoms with Crippen LogP contribution in [0.25, 0.3) is 10.9 Å². The van der Waals surface area contributed by atoms with Crippen LogP contribution >= 0.6 is 23.2 Å². The molecule has 4 rings (SSSR count). The van der Waals surface area contributed by atoms with Gasteiger partial charge >= 0.3 is 0 Å². The summed E-state index contributed by atoms with van der Waals surface area (Å²) in [6, 6.07) is 19.8. The van der Waals surface area contributed by atoms with Crippen LogP contribution in [0, 0.1) is 0 Å². The molecule has 3 aromatic carbocycles. The summed E-state index contributed by atoms with van der Waals surface area (Å²) in [5, 5.41) is 7.98. The molecule has 0 aliphatic rings. The minimum absolute atomic E-state index is 0.0534. The summed E-state index contributed by atoms with van der Waals surface area (Å²) in [6.45, 7) is 0.551. The fourth-order valence-electron chi connectivity index (χ4n) is 3.85. The van der Waals surface area contributed by atoms with Crippen LogP contribution in [-0.2, 0) is 6.42 Å². The molecule has 168 valence electrons. The molecule has 1 atom stereocenters. The summed E-state index contributed by atoms with van der Waals surface area (Å²) in [5.74, 6) is -0.230. The van der Waals surface area contributed by atoms with Gasteiger partial charge in [-0.25, -0.2) is 0 Å². The number of fused-ring (bicyclic) bond motifs is 1. The highest BCUT2D eigenvalue weighted by Crippen LogP contribution is 2.26. The van der Waals surface area contributed by atoms with Crippen LogP contribution in [0.4, 0.5) is 0 Å². The zero-order valence-corrected chi connectivity index (χ0v) is 19.5. The average Bonchev–Trinajstić information content (AvgIpc) is 3.26. The average molecular weight is 480 g/mol. The molecule has 3 N–H and O–H groups in total. The first kappa shape index (κ1) is 23.1. The van der Waals surface area contributed by atoms with E-state index in [1.54, 1.807) is 37.5 Å². The number of nitrogens with one attached hydrogen (secondary N) is 3. The third-order valence-corrected chi connectivity index (χ3v) is 6.18. The summed E-state index contributed by atoms with van der Waals surface area (Å²) in [7, 11) is 1.59. The van der Waals surface area contributed by atoms with Crippen LogP contribution in [0.3, 0.4) is 0 Å². The Morgan fingerprint density at radius 2 is 1.79 bits per heavy atom. The highest BCUT2D eigenvalue weighted by molar-refractivity contribution is 6.35. The molecular formula is C26H23Cl2N3O2. The van der Waals surface area contributed by atoms with Gasteiger partial charge in [-0.3, -0.25) is 9.59 Å². The van der Waals surface area contributed by atoms with E-state index in [0.717, 1.165) is 22.0 Å². The van der Waals surface area contributed by atoms with Crippen LogP contribution in [0.5, 0.6) is 0 Å². The normalized spacial score (nSPS) is 12.0. The molecule has 0 saturated carbocycles. The standard InChI is InChI=1S/C26H23Cl2N3O2/c1-29-26(33)18-8-10-20-21(15-31-23(20)13-18)25(32)24(17-5-3-2-4-6-17)30-12-11-16-7-9-19(27)14-22(16)28/h2-10,13-15,24,30-31H,11-12H2,1H3,(H,29,33)/t24-/m1/s1. The van der Waals surface area contributed by atoms with Gasteiger partial charge in [0.1, 0.15) is 0 Å². The van der Waals surface area contributed by atoms with Gasteiger partial charge in [-0.15, -0.1) is 0 Å². The number of carbonyl (C=O) groups is 2. The molecule has 0 fully saturated rings. The SMILES string of the molecule is CNC(=O)c1ccc2c(C(=O)[C@H](NCCc3ccc(Cl)cc3Cl)c3ccccc3)c[nH]c2c1. The molecule has 0 bridgehead atoms. The molecule has 0 aliphatic carbocycles. The number of halogens is 2. The van der Waals surface area contributed by atoms with E-state index in [4.69, 9.17) is 23.2 Å². The van der Waals surface area contributed by atoms with E-state index >= 15 is 0 Å². The van der Waals surface area contributed by atoms with Gasteiger partial charge in [0.05, 0.1) is 6.04 Å². The number of aromatic amines is 1. The maximum absolute atomic E-state index is 13.6. The molecular weight excluding hydrogens is 457 g/mol. The van der Waals surface area contributed by atoms with Crippen molar-refractivity contribution in [2.24, 2.45) is 0 Å². The Hall–Kier alpha value is -3.12. The van der Waals surface area contributed by atoms with Crippen LogP contribution in [-0.4, -0.2) is 30.3 Å². The van der Waals surface area contributed by atoms with E-state index in [2.05, 4.69) is 15.6 Å². The molecule has 0 radical (unpaired) electrons. The number of hydrogen-bond donors (Lipinski definition) is 3. The Balaban J connectivity index is 1.59. The fraction of sp³-hybridized carbons (Fsp3) is 0.154. The fourth-order valence-corrected chi connectivity index (χ4v) is 4.36. The molecule has 4 aromatic rings. The molecule has 0 unspecified atom stereocenters. The lowest BCUT2D eigenvalue weighted by molar-refractivity contribution is 0.0942. The maximum atomic E-state index is 13.6. The van der Waals surface area contributed by atoms with Crippen molar-refractivity contribution in [3.05, 3.63) is 105 Å². The minimum Gasteiger partial charge on any atom is -0.360 e. The zero-order chi connectivity index (χ0) is 23.4. The first-order chi connectivity index (χ1) is 16.0. The minimum atomic E-state index is -0.533. The van der Waals surface area contributed by atoms with Gasteiger partial charge in [0.15, 0.2) is 5.78 Å². The van der Waals surface area contributed by atoms with Crippen LogP contribution in [0.15, 0.2) is 72.9 Å². The second kappa shape index (κ2) is 10.2. The second-order valence-corrected chi connectivity index (χ2v) is 8.53. The Morgan fingerprint density at radius 3 is 2.52 bits per heavy atom. The predicted octanol–water partition coefficient (Wildman–Crippen LogP) is 5.59. The first-order valence-corrected chi connectivity index (χ1v) is 11.3. The van der Waals surface area contributed by atoms with Gasteiger partial charge in [-0.1, -0.05) is 65.7 Å². The summed E-state index contributed by atoms with van der Waals surface area (Å²) in [5.41, 5.74) is 3.67. The number of ketones is 1. The summed E-state index contributed by atoms with van der Waals surface area (Å²) < 4.78 is 0. The smallest absolute Gasteiger partial charge is 0.251 e. The molecule has 1 heterocycles. The number of hydrogen-bond acceptors (Lipinski definition) is 3. The molecule has 0 saturated heterocycles. The summed E-state index contributed by atoms with van der Waals surface area (Å²) in [6.07, 6.45) is 2.35. The van der Waals surface area contributed by atoms with Crippen LogP contribution < -0.4 is 10.6 Å². The Labute approximate surface area is 202 Å². The molecule has 0 aliphatic heterocycles. The molecule has 1 amide bonds. The van der Waals surface area contributed by atoms with E-state index in [1.807, 2.05) is 42.5 Å². The molecule has 5 nitrogen and oxygen atoms in total. The van der Waals surface area contributed by atoms with Gasteiger partial charge in [0.2, 0.25) is 0 Å². The van der Waals surface area contributed by atoms with E-state index in [9.17, 15) is 9.59 Å². The van der Waals surface area contributed by atoms with E-state index in [0.29, 0.717) is 34.1 Å². The van der Waals surface area contributed by atoms with Gasteiger partial charge in [0.25, 0.3) is 5.91 Å². The van der Waals surface area contributed by atoms with Crippen molar-refractivity contribution in [1.82, 2.24) is 15.6 Å². The van der Waals surface area contributed by atoms with Crippen molar-refractivity contribution >= 4 is 45.8 Å². The number of amides is 1. The van der Waals surface area contributed by atoms with Crippen molar-refractivity contribution < 1.29 is 9.59 Å². The number of carbonyl (C=O) groups excluding carboxylic acids is 2. The first-order valence-electron chi connectivity index (χ1n) is 10.6. The molecule has 1 aromatic heterocycles. The van der Waals surface area contributed by atoms with E-state index in [1.165, 1.54) is 0 Å². The van der Waals surface area contributed by atoms with Crippen molar-refractivity contribution in [3.63, 3.8) is 0 Å². The van der Waals surface area contributed by atoms with E-state index in [-0.39, 0.29) is 11.7 Å². The van der Waals surface area contributed by atoms with Crippen molar-refractivity contribution in [1.29, 1.82) is 0 Å². The highest BCUT2D eigenvalue weighted by atomic mass is 35.5. The maximum Gasteiger partial charge on any atom is 0.251 e. The van der Waals surface area contributed by atoms with Gasteiger partial charge in [0, 0.05) is 51.9 Å². The number of benzene rings is 3. The topological polar surface area (TPSA) is 74.0 Å². The van der Waals surface area contributed by atoms with Crippen LogP contribution in [0.1, 0.15) is 37.9 Å². The van der Waals surface area contributed by atoms with E-state index < -0.39 is 6.04 Å². The Bertz CT molecular complexity index is 1300. The second-order valence-electron chi connectivity index (χ2n) is 7.69. The highest BCUT2D eigenvalue weighted by Gasteiger charge is 2.24. The van der Waals surface area contributed by atoms with Crippen molar-refractivity contribution in [3.8, 4) is 0 Å². The third kappa shape index (κ3) is 5.11. The van der Waals surface area contributed by atoms with Gasteiger partial charge < -0.3 is 15.6 Å². The Morgan fingerprint density at radius 1 is 1.00 bits per heavy atom. The lowest BCUT2D eigenvalue weighted by atomic mass is 9.96. The number of Topliss-reactive ketones (excluding diaryl/α,β-unsaturated/α-hetero) is 1. The van der Waals surface area contributed by atoms with Gasteiger partial charge in [-0.2, -0.15) is 0 Å². The molecule has 33 heavy (non-hydrogen) atoms. The predicted molar refractivity (Wildman–Crippen MR) is 133 cm³/mol. The summed E-state index contributed by atoms with van der Waals surface area (Å²) in [4.78, 5) is 28.7. The monoisotopic (exact) mass is 479 g/mol. The van der Waals surface area contributed by atoms with Gasteiger partial charge in [-0.05, 0) is 41.8 Å². The quantitative estimate of drug-likeness (QED) is 0.288. The van der Waals surface area contributed by atoms with Crippen molar-refractivity contribution in [2.75, 3.05) is 13.6 Å². The van der Waals surface area contributed by atoms with Crippen molar-refractivity contribution in [2.45, 2.75) is 12.5 Å². The Kier molecular flexibility index (Phi) is 7.14. The number of aromatic nitrogens is 1. The largest absolute Gasteiger partial charge is 0.360 e. The summed E-state index contributed by atoms with van der Waals surface area (Å²) >= 11 is 12.3. The number of rotatable bonds is 8. The lowest BCUT2D eigenvalue weighted by Gasteiger charge is -2.18. The third-order valence-electron chi connectivity index (χ3n) is 5.59. The number of H-pyrrole nitrogens is 1. The molecule has 7 heteroatoms.